The average molecular weight is 249 g/mol. The number of carbonyl (C=O) groups is 1. The Labute approximate surface area is 97.6 Å². The Kier molecular flexibility index (Phi) is 4.39. The second-order valence-corrected chi connectivity index (χ2v) is 3.64. The summed E-state index contributed by atoms with van der Waals surface area (Å²) in [6.07, 6.45) is 0.308. The molecule has 0 saturated heterocycles. The maximum Gasteiger partial charge on any atom is 0.339 e. The van der Waals surface area contributed by atoms with Crippen molar-refractivity contribution in [1.29, 1.82) is 0 Å². The van der Waals surface area contributed by atoms with Crippen LogP contribution in [0.5, 0.6) is 0 Å². The number of methoxy groups -OCH3 is 1. The number of ether oxygens (including phenoxy) is 1. The lowest BCUT2D eigenvalue weighted by Crippen LogP contribution is -2.05. The van der Waals surface area contributed by atoms with Gasteiger partial charge in [-0.15, -0.1) is 0 Å². The van der Waals surface area contributed by atoms with E-state index >= 15 is 0 Å². The summed E-state index contributed by atoms with van der Waals surface area (Å²) in [6, 6.07) is 3.06. The fourth-order valence-electron chi connectivity index (χ4n) is 1.21. The van der Waals surface area contributed by atoms with Crippen molar-refractivity contribution >= 4 is 29.2 Å². The van der Waals surface area contributed by atoms with Crippen LogP contribution >= 0.6 is 23.2 Å². The Bertz CT molecular complexity index is 377. The maximum absolute atomic E-state index is 11.3. The molecule has 0 unspecified atom stereocenters. The molecular formula is C10H10Cl2O3. The van der Waals surface area contributed by atoms with E-state index < -0.39 is 5.97 Å². The van der Waals surface area contributed by atoms with Crippen molar-refractivity contribution in [3.63, 3.8) is 0 Å². The van der Waals surface area contributed by atoms with Crippen LogP contribution in [0.15, 0.2) is 12.1 Å². The number of hydrogen-bond acceptors (Lipinski definition) is 3. The Morgan fingerprint density at radius 3 is 2.67 bits per heavy atom. The molecule has 0 amide bonds. The van der Waals surface area contributed by atoms with E-state index in [-0.39, 0.29) is 17.2 Å². The Morgan fingerprint density at radius 1 is 1.47 bits per heavy atom. The monoisotopic (exact) mass is 248 g/mol. The summed E-state index contributed by atoms with van der Waals surface area (Å²) in [5.41, 5.74) is 0.816. The summed E-state index contributed by atoms with van der Waals surface area (Å²) in [6.45, 7) is -0.0793. The van der Waals surface area contributed by atoms with Gasteiger partial charge in [0.1, 0.15) is 0 Å². The van der Waals surface area contributed by atoms with Gasteiger partial charge in [-0.25, -0.2) is 4.79 Å². The van der Waals surface area contributed by atoms with Crippen molar-refractivity contribution in [2.24, 2.45) is 0 Å². The molecule has 0 spiro atoms. The minimum Gasteiger partial charge on any atom is -0.465 e. The number of rotatable bonds is 3. The molecule has 0 aliphatic rings. The SMILES string of the molecule is COC(=O)c1ccc(Cl)c(CCO)c1Cl. The summed E-state index contributed by atoms with van der Waals surface area (Å²) in [4.78, 5) is 11.3. The van der Waals surface area contributed by atoms with E-state index in [4.69, 9.17) is 28.3 Å². The van der Waals surface area contributed by atoms with E-state index in [9.17, 15) is 4.79 Å². The molecule has 1 N–H and O–H groups in total. The number of aliphatic hydroxyl groups excluding tert-OH is 1. The molecule has 0 bridgehead atoms. The molecule has 0 fully saturated rings. The van der Waals surface area contributed by atoms with Gasteiger partial charge in [0.2, 0.25) is 0 Å². The van der Waals surface area contributed by atoms with Gasteiger partial charge in [0.25, 0.3) is 0 Å². The number of halogens is 2. The highest BCUT2D eigenvalue weighted by Crippen LogP contribution is 2.28. The summed E-state index contributed by atoms with van der Waals surface area (Å²) in [5, 5.41) is 9.49. The third kappa shape index (κ3) is 2.62. The molecule has 5 heteroatoms. The van der Waals surface area contributed by atoms with Crippen LogP contribution in [0.4, 0.5) is 0 Å². The normalized spacial score (nSPS) is 10.1. The van der Waals surface area contributed by atoms with Crippen molar-refractivity contribution in [3.05, 3.63) is 33.3 Å². The Balaban J connectivity index is 3.21. The van der Waals surface area contributed by atoms with Gasteiger partial charge in [-0.3, -0.25) is 0 Å². The molecule has 1 rings (SSSR count). The van der Waals surface area contributed by atoms with Crippen LogP contribution in [-0.4, -0.2) is 24.8 Å². The van der Waals surface area contributed by atoms with E-state index in [2.05, 4.69) is 4.74 Å². The van der Waals surface area contributed by atoms with Crippen LogP contribution in [0.25, 0.3) is 0 Å². The molecule has 0 heterocycles. The molecule has 0 atom stereocenters. The molecule has 0 aromatic heterocycles. The summed E-state index contributed by atoms with van der Waals surface area (Å²) in [5.74, 6) is -0.518. The van der Waals surface area contributed by atoms with Gasteiger partial charge in [0.05, 0.1) is 17.7 Å². The number of carbonyl (C=O) groups excluding carboxylic acids is 1. The predicted molar refractivity (Wildman–Crippen MR) is 58.6 cm³/mol. The van der Waals surface area contributed by atoms with E-state index in [0.717, 1.165) is 0 Å². The zero-order valence-electron chi connectivity index (χ0n) is 8.09. The van der Waals surface area contributed by atoms with Crippen LogP contribution < -0.4 is 0 Å². The van der Waals surface area contributed by atoms with Crippen molar-refractivity contribution < 1.29 is 14.6 Å². The van der Waals surface area contributed by atoms with Crippen LogP contribution in [0, 0.1) is 0 Å². The number of aliphatic hydroxyl groups is 1. The van der Waals surface area contributed by atoms with E-state index in [0.29, 0.717) is 17.0 Å². The highest BCUT2D eigenvalue weighted by molar-refractivity contribution is 6.37. The van der Waals surface area contributed by atoms with E-state index in [1.54, 1.807) is 6.07 Å². The van der Waals surface area contributed by atoms with Gasteiger partial charge in [-0.2, -0.15) is 0 Å². The van der Waals surface area contributed by atoms with Crippen molar-refractivity contribution in [3.8, 4) is 0 Å². The summed E-state index contributed by atoms with van der Waals surface area (Å²) >= 11 is 11.9. The zero-order valence-corrected chi connectivity index (χ0v) is 9.60. The van der Waals surface area contributed by atoms with Gasteiger partial charge < -0.3 is 9.84 Å². The first-order valence-electron chi connectivity index (χ1n) is 4.27. The van der Waals surface area contributed by atoms with Gasteiger partial charge in [0.15, 0.2) is 0 Å². The van der Waals surface area contributed by atoms with Gasteiger partial charge in [0, 0.05) is 11.6 Å². The van der Waals surface area contributed by atoms with Crippen molar-refractivity contribution in [2.75, 3.05) is 13.7 Å². The minimum absolute atomic E-state index is 0.0793. The second kappa shape index (κ2) is 5.35. The molecule has 82 valence electrons. The van der Waals surface area contributed by atoms with E-state index in [1.807, 2.05) is 0 Å². The largest absolute Gasteiger partial charge is 0.465 e. The fourth-order valence-corrected chi connectivity index (χ4v) is 1.84. The average Bonchev–Trinajstić information content (AvgIpc) is 2.23. The van der Waals surface area contributed by atoms with Crippen LogP contribution in [0.1, 0.15) is 15.9 Å². The molecule has 0 aliphatic heterocycles. The van der Waals surface area contributed by atoms with Crippen LogP contribution in [0.2, 0.25) is 10.0 Å². The highest BCUT2D eigenvalue weighted by atomic mass is 35.5. The molecule has 1 aromatic carbocycles. The second-order valence-electron chi connectivity index (χ2n) is 2.85. The lowest BCUT2D eigenvalue weighted by atomic mass is 10.1. The maximum atomic E-state index is 11.3. The number of benzene rings is 1. The molecular weight excluding hydrogens is 239 g/mol. The van der Waals surface area contributed by atoms with Gasteiger partial charge in [-0.1, -0.05) is 23.2 Å². The van der Waals surface area contributed by atoms with Gasteiger partial charge >= 0.3 is 5.97 Å². The quantitative estimate of drug-likeness (QED) is 0.836. The molecule has 0 saturated carbocycles. The first-order valence-corrected chi connectivity index (χ1v) is 5.03. The first-order chi connectivity index (χ1) is 7.11. The zero-order chi connectivity index (χ0) is 11.4. The summed E-state index contributed by atoms with van der Waals surface area (Å²) < 4.78 is 4.56. The summed E-state index contributed by atoms with van der Waals surface area (Å²) in [7, 11) is 1.28. The lowest BCUT2D eigenvalue weighted by Gasteiger charge is -2.09. The Morgan fingerprint density at radius 2 is 2.13 bits per heavy atom. The third-order valence-electron chi connectivity index (χ3n) is 1.95. The van der Waals surface area contributed by atoms with Crippen LogP contribution in [0.3, 0.4) is 0 Å². The fraction of sp³-hybridized carbons (Fsp3) is 0.300. The van der Waals surface area contributed by atoms with Gasteiger partial charge in [-0.05, 0) is 24.1 Å². The van der Waals surface area contributed by atoms with Crippen molar-refractivity contribution in [1.82, 2.24) is 0 Å². The third-order valence-corrected chi connectivity index (χ3v) is 2.74. The minimum atomic E-state index is -0.518. The first kappa shape index (κ1) is 12.3. The Hall–Kier alpha value is -0.770. The predicted octanol–water partition coefficient (Wildman–Crippen LogP) is 2.31. The molecule has 15 heavy (non-hydrogen) atoms. The highest BCUT2D eigenvalue weighted by Gasteiger charge is 2.15. The standard InChI is InChI=1S/C10H10Cl2O3/c1-15-10(14)7-2-3-8(11)6(4-5-13)9(7)12/h2-3,13H,4-5H2,1H3. The molecule has 0 aliphatic carbocycles. The van der Waals surface area contributed by atoms with E-state index in [1.165, 1.54) is 13.2 Å². The topological polar surface area (TPSA) is 46.5 Å². The smallest absolute Gasteiger partial charge is 0.339 e. The number of hydrogen-bond donors (Lipinski definition) is 1. The molecule has 1 aromatic rings. The van der Waals surface area contributed by atoms with Crippen molar-refractivity contribution in [2.45, 2.75) is 6.42 Å². The number of esters is 1. The lowest BCUT2D eigenvalue weighted by molar-refractivity contribution is 0.0601. The molecule has 3 nitrogen and oxygen atoms in total. The van der Waals surface area contributed by atoms with Crippen LogP contribution in [-0.2, 0) is 11.2 Å². The molecule has 0 radical (unpaired) electrons.